The topological polar surface area (TPSA) is 87.0 Å². The number of nitrogen functional groups attached to an aromatic ring is 1. The van der Waals surface area contributed by atoms with Gasteiger partial charge in [-0.3, -0.25) is 9.78 Å². The molecule has 0 aliphatic carbocycles. The van der Waals surface area contributed by atoms with Crippen LogP contribution in [0.3, 0.4) is 0 Å². The predicted molar refractivity (Wildman–Crippen MR) is 75.4 cm³/mol. The summed E-state index contributed by atoms with van der Waals surface area (Å²) in [5, 5.41) is 3.71. The molecule has 0 atom stereocenters. The maximum Gasteiger partial charge on any atom is 0.277 e. The number of aromatic nitrogens is 2. The van der Waals surface area contributed by atoms with Crippen LogP contribution in [0.4, 0.5) is 17.5 Å². The van der Waals surface area contributed by atoms with Gasteiger partial charge < -0.3 is 16.0 Å². The van der Waals surface area contributed by atoms with Gasteiger partial charge in [0.2, 0.25) is 5.95 Å². The molecule has 1 aliphatic heterocycles. The molecule has 2 aromatic rings. The van der Waals surface area contributed by atoms with E-state index in [0.717, 1.165) is 5.56 Å². The maximum atomic E-state index is 11.7. The number of anilines is 3. The molecule has 98 valence electrons. The molecule has 0 fully saturated rings. The summed E-state index contributed by atoms with van der Waals surface area (Å²) in [6.07, 6.45) is 0. The Morgan fingerprint density at radius 1 is 1.37 bits per heavy atom. The summed E-state index contributed by atoms with van der Waals surface area (Å²) in [4.78, 5) is 20.3. The number of nitrogens with two attached hydrogens (primary N) is 1. The van der Waals surface area contributed by atoms with Crippen molar-refractivity contribution in [2.45, 2.75) is 6.54 Å². The summed E-state index contributed by atoms with van der Waals surface area (Å²) in [5.74, 6) is 0.699. The zero-order valence-corrected chi connectivity index (χ0v) is 10.7. The molecule has 19 heavy (non-hydrogen) atoms. The third kappa shape index (κ3) is 2.22. The second-order valence-electron chi connectivity index (χ2n) is 4.31. The molecular weight excluding hydrogens is 266 g/mol. The van der Waals surface area contributed by atoms with Gasteiger partial charge in [0.05, 0.1) is 6.67 Å². The Kier molecular flexibility index (Phi) is 2.79. The number of nitrogens with one attached hydrogen (secondary N) is 2. The zero-order valence-electron chi connectivity index (χ0n) is 9.98. The van der Waals surface area contributed by atoms with Crippen LogP contribution in [0.15, 0.2) is 29.1 Å². The van der Waals surface area contributed by atoms with Crippen molar-refractivity contribution in [3.63, 3.8) is 0 Å². The lowest BCUT2D eigenvalue weighted by Crippen LogP contribution is -2.22. The minimum absolute atomic E-state index is 0.119. The summed E-state index contributed by atoms with van der Waals surface area (Å²) >= 11 is 5.85. The van der Waals surface area contributed by atoms with E-state index in [1.54, 1.807) is 0 Å². The number of aromatic amines is 1. The molecule has 7 heteroatoms. The van der Waals surface area contributed by atoms with E-state index >= 15 is 0 Å². The van der Waals surface area contributed by atoms with E-state index in [1.807, 2.05) is 29.2 Å². The van der Waals surface area contributed by atoms with Gasteiger partial charge in [0, 0.05) is 11.6 Å². The van der Waals surface area contributed by atoms with Crippen molar-refractivity contribution in [1.82, 2.24) is 9.97 Å². The van der Waals surface area contributed by atoms with Gasteiger partial charge in [-0.05, 0) is 17.7 Å². The van der Waals surface area contributed by atoms with Gasteiger partial charge in [0.15, 0.2) is 5.82 Å². The SMILES string of the molecule is Nc1nc2c(c(=O)[nH]1)NCN2Cc1ccc(Cl)cc1. The van der Waals surface area contributed by atoms with Crippen LogP contribution >= 0.6 is 11.6 Å². The van der Waals surface area contributed by atoms with Crippen LogP contribution in [-0.4, -0.2) is 16.6 Å². The van der Waals surface area contributed by atoms with Crippen molar-refractivity contribution in [2.24, 2.45) is 0 Å². The average Bonchev–Trinajstić information content (AvgIpc) is 2.76. The van der Waals surface area contributed by atoms with Gasteiger partial charge in [0.1, 0.15) is 5.69 Å². The smallest absolute Gasteiger partial charge is 0.277 e. The Bertz CT molecular complexity index is 667. The Labute approximate surface area is 114 Å². The Hall–Kier alpha value is -2.21. The molecule has 0 amide bonds. The highest BCUT2D eigenvalue weighted by Gasteiger charge is 2.23. The molecule has 4 N–H and O–H groups in total. The first-order valence-electron chi connectivity index (χ1n) is 5.76. The van der Waals surface area contributed by atoms with E-state index in [1.165, 1.54) is 0 Å². The number of rotatable bonds is 2. The summed E-state index contributed by atoms with van der Waals surface area (Å²) in [7, 11) is 0. The fourth-order valence-corrected chi connectivity index (χ4v) is 2.18. The van der Waals surface area contributed by atoms with Crippen LogP contribution < -0.4 is 21.5 Å². The zero-order chi connectivity index (χ0) is 13.4. The largest absolute Gasteiger partial charge is 0.369 e. The van der Waals surface area contributed by atoms with Crippen LogP contribution in [0.25, 0.3) is 0 Å². The van der Waals surface area contributed by atoms with Crippen molar-refractivity contribution >= 4 is 29.1 Å². The van der Waals surface area contributed by atoms with Gasteiger partial charge in [-0.25, -0.2) is 0 Å². The monoisotopic (exact) mass is 277 g/mol. The number of hydrogen-bond donors (Lipinski definition) is 3. The molecule has 0 unspecified atom stereocenters. The molecule has 1 aromatic heterocycles. The predicted octanol–water partition coefficient (Wildman–Crippen LogP) is 1.40. The molecule has 0 radical (unpaired) electrons. The molecule has 2 heterocycles. The quantitative estimate of drug-likeness (QED) is 0.772. The van der Waals surface area contributed by atoms with Crippen molar-refractivity contribution in [2.75, 3.05) is 22.6 Å². The molecule has 0 saturated heterocycles. The van der Waals surface area contributed by atoms with Crippen LogP contribution in [0, 0.1) is 0 Å². The number of fused-ring (bicyclic) bond motifs is 1. The van der Waals surface area contributed by atoms with Crippen molar-refractivity contribution < 1.29 is 0 Å². The number of benzene rings is 1. The normalized spacial score (nSPS) is 13.2. The Morgan fingerprint density at radius 2 is 2.11 bits per heavy atom. The van der Waals surface area contributed by atoms with Gasteiger partial charge in [-0.1, -0.05) is 23.7 Å². The lowest BCUT2D eigenvalue weighted by atomic mass is 10.2. The summed E-state index contributed by atoms with van der Waals surface area (Å²) in [6.45, 7) is 1.16. The first kappa shape index (κ1) is 11.9. The molecule has 0 spiro atoms. The van der Waals surface area contributed by atoms with E-state index in [9.17, 15) is 4.79 Å². The number of H-pyrrole nitrogens is 1. The minimum atomic E-state index is -0.249. The van der Waals surface area contributed by atoms with E-state index in [0.29, 0.717) is 29.7 Å². The molecular formula is C12H12ClN5O. The molecule has 3 rings (SSSR count). The Morgan fingerprint density at radius 3 is 2.84 bits per heavy atom. The molecule has 1 aliphatic rings. The van der Waals surface area contributed by atoms with Crippen molar-refractivity contribution in [1.29, 1.82) is 0 Å². The number of hydrogen-bond acceptors (Lipinski definition) is 5. The second-order valence-corrected chi connectivity index (χ2v) is 4.75. The lowest BCUT2D eigenvalue weighted by molar-refractivity contribution is 0.856. The van der Waals surface area contributed by atoms with Crippen LogP contribution in [0.1, 0.15) is 5.56 Å². The molecule has 1 aromatic carbocycles. The van der Waals surface area contributed by atoms with Gasteiger partial charge in [0.25, 0.3) is 5.56 Å². The van der Waals surface area contributed by atoms with Crippen molar-refractivity contribution in [3.05, 3.63) is 45.2 Å². The van der Waals surface area contributed by atoms with Gasteiger partial charge in [-0.15, -0.1) is 0 Å². The van der Waals surface area contributed by atoms with Crippen LogP contribution in [0.2, 0.25) is 5.02 Å². The molecule has 0 saturated carbocycles. The Balaban J connectivity index is 1.90. The molecule has 6 nitrogen and oxygen atoms in total. The van der Waals surface area contributed by atoms with E-state index in [-0.39, 0.29) is 11.5 Å². The van der Waals surface area contributed by atoms with E-state index < -0.39 is 0 Å². The summed E-state index contributed by atoms with van der Waals surface area (Å²) in [5.41, 5.74) is 6.86. The lowest BCUT2D eigenvalue weighted by Gasteiger charge is -2.16. The van der Waals surface area contributed by atoms with Crippen molar-refractivity contribution in [3.8, 4) is 0 Å². The fourth-order valence-electron chi connectivity index (χ4n) is 2.06. The minimum Gasteiger partial charge on any atom is -0.369 e. The standard InChI is InChI=1S/C12H12ClN5O/c13-8-3-1-7(2-4-8)5-18-6-15-9-10(18)16-12(14)17-11(9)19/h1-4,15H,5-6H2,(H3,14,16,17,19). The summed E-state index contributed by atoms with van der Waals surface area (Å²) < 4.78 is 0. The number of nitrogens with zero attached hydrogens (tertiary/aromatic N) is 2. The average molecular weight is 278 g/mol. The highest BCUT2D eigenvalue weighted by atomic mass is 35.5. The molecule has 0 bridgehead atoms. The van der Waals surface area contributed by atoms with Crippen LogP contribution in [-0.2, 0) is 6.54 Å². The van der Waals surface area contributed by atoms with Crippen LogP contribution in [0.5, 0.6) is 0 Å². The number of halogens is 1. The maximum absolute atomic E-state index is 11.7. The second kappa shape index (κ2) is 4.47. The van der Waals surface area contributed by atoms with E-state index in [4.69, 9.17) is 17.3 Å². The van der Waals surface area contributed by atoms with E-state index in [2.05, 4.69) is 15.3 Å². The third-order valence-electron chi connectivity index (χ3n) is 2.95. The van der Waals surface area contributed by atoms with Gasteiger partial charge >= 0.3 is 0 Å². The fraction of sp³-hybridized carbons (Fsp3) is 0.167. The first-order chi connectivity index (χ1) is 9.13. The highest BCUT2D eigenvalue weighted by molar-refractivity contribution is 6.30. The first-order valence-corrected chi connectivity index (χ1v) is 6.14. The third-order valence-corrected chi connectivity index (χ3v) is 3.20. The van der Waals surface area contributed by atoms with Gasteiger partial charge in [-0.2, -0.15) is 4.98 Å². The summed E-state index contributed by atoms with van der Waals surface area (Å²) in [6, 6.07) is 7.55. The highest BCUT2D eigenvalue weighted by Crippen LogP contribution is 2.27.